The number of amides is 1. The van der Waals surface area contributed by atoms with Crippen LogP contribution in [-0.2, 0) is 9.53 Å². The van der Waals surface area contributed by atoms with Gasteiger partial charge in [0.1, 0.15) is 11.3 Å². The molecule has 8 heteroatoms. The molecular formula is C23H30N4O4. The number of carbonyl (C=O) groups excluding carboxylic acids is 2. The third kappa shape index (κ3) is 5.31. The number of hydrogen-bond acceptors (Lipinski definition) is 7. The molecule has 1 aliphatic heterocycles. The van der Waals surface area contributed by atoms with Crippen LogP contribution in [-0.4, -0.2) is 64.6 Å². The van der Waals surface area contributed by atoms with E-state index in [0.29, 0.717) is 37.7 Å². The summed E-state index contributed by atoms with van der Waals surface area (Å²) in [6, 6.07) is 5.33. The molecule has 0 atom stereocenters. The molecule has 0 saturated carbocycles. The number of carbonyl (C=O) groups is 2. The average molecular weight is 427 g/mol. The van der Waals surface area contributed by atoms with E-state index in [9.17, 15) is 14.7 Å². The Morgan fingerprint density at radius 1 is 1.03 bits per heavy atom. The van der Waals surface area contributed by atoms with Gasteiger partial charge in [-0.1, -0.05) is 33.8 Å². The molecule has 0 bridgehead atoms. The summed E-state index contributed by atoms with van der Waals surface area (Å²) in [6.07, 6.45) is 3.38. The lowest BCUT2D eigenvalue weighted by molar-refractivity contribution is -0.134. The molecular weight excluding hydrogens is 396 g/mol. The van der Waals surface area contributed by atoms with Gasteiger partial charge in [-0.25, -0.2) is 14.8 Å². The lowest BCUT2D eigenvalue weighted by atomic mass is 9.92. The molecule has 1 aromatic heterocycles. The molecule has 0 spiro atoms. The van der Waals surface area contributed by atoms with Gasteiger partial charge in [-0.2, -0.15) is 0 Å². The van der Waals surface area contributed by atoms with Crippen molar-refractivity contribution in [2.45, 2.75) is 39.5 Å². The van der Waals surface area contributed by atoms with Crippen LogP contribution in [0.15, 0.2) is 30.6 Å². The normalized spacial score (nSPS) is 14.3. The van der Waals surface area contributed by atoms with Gasteiger partial charge in [0.15, 0.2) is 6.61 Å². The number of hydrogen-bond donors (Lipinski definition) is 1. The smallest absolute Gasteiger partial charge is 0.342 e. The second-order valence-electron chi connectivity index (χ2n) is 8.31. The van der Waals surface area contributed by atoms with Gasteiger partial charge in [0.25, 0.3) is 5.91 Å². The molecule has 0 radical (unpaired) electrons. The Morgan fingerprint density at radius 2 is 1.68 bits per heavy atom. The first-order valence-corrected chi connectivity index (χ1v) is 10.6. The Morgan fingerprint density at radius 3 is 2.26 bits per heavy atom. The molecule has 0 aliphatic carbocycles. The fraction of sp³-hybridized carbons (Fsp3) is 0.478. The first-order valence-electron chi connectivity index (χ1n) is 10.6. The van der Waals surface area contributed by atoms with E-state index in [1.165, 1.54) is 0 Å². The van der Waals surface area contributed by atoms with Crippen LogP contribution in [0.5, 0.6) is 5.75 Å². The van der Waals surface area contributed by atoms with Crippen LogP contribution in [0.3, 0.4) is 0 Å². The Labute approximate surface area is 182 Å². The zero-order valence-corrected chi connectivity index (χ0v) is 18.5. The summed E-state index contributed by atoms with van der Waals surface area (Å²) in [4.78, 5) is 37.3. The van der Waals surface area contributed by atoms with Gasteiger partial charge in [0.2, 0.25) is 5.95 Å². The number of nitrogens with zero attached hydrogens (tertiary/aromatic N) is 4. The van der Waals surface area contributed by atoms with Crippen molar-refractivity contribution in [2.24, 2.45) is 0 Å². The number of esters is 1. The van der Waals surface area contributed by atoms with Crippen molar-refractivity contribution in [3.63, 3.8) is 0 Å². The van der Waals surface area contributed by atoms with Crippen LogP contribution in [0.2, 0.25) is 0 Å². The topological polar surface area (TPSA) is 95.9 Å². The molecule has 2 heterocycles. The lowest BCUT2D eigenvalue weighted by Gasteiger charge is -2.34. The highest BCUT2D eigenvalue weighted by Gasteiger charge is 2.25. The third-order valence-corrected chi connectivity index (χ3v) is 5.46. The number of rotatable bonds is 6. The van der Waals surface area contributed by atoms with E-state index < -0.39 is 5.97 Å². The fourth-order valence-electron chi connectivity index (χ4n) is 3.52. The molecule has 8 nitrogen and oxygen atoms in total. The largest absolute Gasteiger partial charge is 0.507 e. The fourth-order valence-corrected chi connectivity index (χ4v) is 3.52. The van der Waals surface area contributed by atoms with E-state index in [-0.39, 0.29) is 35.7 Å². The van der Waals surface area contributed by atoms with Crippen LogP contribution in [0.4, 0.5) is 5.95 Å². The highest BCUT2D eigenvalue weighted by molar-refractivity contribution is 5.94. The lowest BCUT2D eigenvalue weighted by Crippen LogP contribution is -2.50. The molecule has 1 N–H and O–H groups in total. The van der Waals surface area contributed by atoms with Crippen LogP contribution in [0.1, 0.15) is 61.0 Å². The predicted octanol–water partition coefficient (Wildman–Crippen LogP) is 2.93. The summed E-state index contributed by atoms with van der Waals surface area (Å²) in [6.45, 7) is 9.82. The van der Waals surface area contributed by atoms with E-state index in [2.05, 4.69) is 9.97 Å². The number of phenolic OH excluding ortho intramolecular Hbond substituents is 1. The van der Waals surface area contributed by atoms with Crippen molar-refractivity contribution in [1.82, 2.24) is 14.9 Å². The van der Waals surface area contributed by atoms with Gasteiger partial charge >= 0.3 is 5.97 Å². The Balaban J connectivity index is 1.60. The second-order valence-corrected chi connectivity index (χ2v) is 8.31. The van der Waals surface area contributed by atoms with E-state index in [0.717, 1.165) is 5.56 Å². The van der Waals surface area contributed by atoms with Crippen molar-refractivity contribution in [3.05, 3.63) is 47.3 Å². The molecule has 2 aromatic rings. The van der Waals surface area contributed by atoms with Crippen molar-refractivity contribution in [2.75, 3.05) is 37.7 Å². The van der Waals surface area contributed by atoms with Gasteiger partial charge in [-0.05, 0) is 35.1 Å². The number of aromatic nitrogens is 2. The molecule has 1 amide bonds. The van der Waals surface area contributed by atoms with Crippen LogP contribution < -0.4 is 4.90 Å². The summed E-state index contributed by atoms with van der Waals surface area (Å²) in [5.74, 6) is -0.138. The second kappa shape index (κ2) is 9.76. The molecule has 1 aliphatic rings. The van der Waals surface area contributed by atoms with Gasteiger partial charge in [-0.15, -0.1) is 0 Å². The number of phenols is 1. The molecule has 31 heavy (non-hydrogen) atoms. The van der Waals surface area contributed by atoms with E-state index in [1.54, 1.807) is 29.4 Å². The van der Waals surface area contributed by atoms with Crippen molar-refractivity contribution in [1.29, 1.82) is 0 Å². The maximum Gasteiger partial charge on any atom is 0.342 e. The summed E-state index contributed by atoms with van der Waals surface area (Å²) < 4.78 is 5.28. The minimum absolute atomic E-state index is 0.0526. The highest BCUT2D eigenvalue weighted by atomic mass is 16.5. The molecule has 1 fully saturated rings. The molecule has 166 valence electrons. The van der Waals surface area contributed by atoms with Crippen LogP contribution >= 0.6 is 0 Å². The first-order chi connectivity index (χ1) is 14.8. The van der Waals surface area contributed by atoms with Gasteiger partial charge in [-0.3, -0.25) is 4.79 Å². The standard InChI is InChI=1S/C23H30N4O4/c1-15(2)17-12-18(16(3)4)21(29)19(13-17)22(30)31-14-20(28)26-8-10-27(11-9-26)23-24-6-5-7-25-23/h5-7,12-13,15-16,29H,8-11,14H2,1-4H3. The van der Waals surface area contributed by atoms with Crippen molar-refractivity contribution in [3.8, 4) is 5.75 Å². The number of anilines is 1. The van der Waals surface area contributed by atoms with E-state index >= 15 is 0 Å². The third-order valence-electron chi connectivity index (χ3n) is 5.46. The number of ether oxygens (including phenoxy) is 1. The maximum atomic E-state index is 12.7. The van der Waals surface area contributed by atoms with E-state index in [4.69, 9.17) is 4.74 Å². The first kappa shape index (κ1) is 22.5. The predicted molar refractivity (Wildman–Crippen MR) is 117 cm³/mol. The molecule has 0 unspecified atom stereocenters. The monoisotopic (exact) mass is 426 g/mol. The zero-order chi connectivity index (χ0) is 22.5. The SMILES string of the molecule is CC(C)c1cc(C(=O)OCC(=O)N2CCN(c3ncccn3)CC2)c(O)c(C(C)C)c1. The zero-order valence-electron chi connectivity index (χ0n) is 18.5. The Hall–Kier alpha value is -3.16. The molecule has 1 aromatic carbocycles. The summed E-state index contributed by atoms with van der Waals surface area (Å²) in [5, 5.41) is 10.6. The number of benzene rings is 1. The summed E-state index contributed by atoms with van der Waals surface area (Å²) in [7, 11) is 0. The number of piperazine rings is 1. The molecule has 3 rings (SSSR count). The van der Waals surface area contributed by atoms with Gasteiger partial charge in [0.05, 0.1) is 0 Å². The van der Waals surface area contributed by atoms with Crippen molar-refractivity contribution >= 4 is 17.8 Å². The minimum atomic E-state index is -0.688. The van der Waals surface area contributed by atoms with Crippen LogP contribution in [0, 0.1) is 0 Å². The summed E-state index contributed by atoms with van der Waals surface area (Å²) >= 11 is 0. The Kier molecular flexibility index (Phi) is 7.09. The molecule has 1 saturated heterocycles. The van der Waals surface area contributed by atoms with Gasteiger partial charge in [0, 0.05) is 38.6 Å². The van der Waals surface area contributed by atoms with Gasteiger partial charge < -0.3 is 19.6 Å². The minimum Gasteiger partial charge on any atom is -0.507 e. The van der Waals surface area contributed by atoms with Crippen molar-refractivity contribution < 1.29 is 19.4 Å². The number of aromatic hydroxyl groups is 1. The Bertz CT molecular complexity index is 923. The average Bonchev–Trinajstić information content (AvgIpc) is 2.77. The maximum absolute atomic E-state index is 12.7. The highest BCUT2D eigenvalue weighted by Crippen LogP contribution is 2.33. The van der Waals surface area contributed by atoms with Crippen LogP contribution in [0.25, 0.3) is 0 Å². The summed E-state index contributed by atoms with van der Waals surface area (Å²) in [5.41, 5.74) is 1.75. The van der Waals surface area contributed by atoms with E-state index in [1.807, 2.05) is 38.7 Å². The quantitative estimate of drug-likeness (QED) is 0.710.